The molecule has 1 saturated heterocycles. The summed E-state index contributed by atoms with van der Waals surface area (Å²) in [6.45, 7) is 2.51. The Bertz CT molecular complexity index is 592. The lowest BCUT2D eigenvalue weighted by Gasteiger charge is -2.30. The first-order valence-corrected chi connectivity index (χ1v) is 8.69. The van der Waals surface area contributed by atoms with Crippen molar-refractivity contribution in [1.29, 1.82) is 0 Å². The quantitative estimate of drug-likeness (QED) is 0.799. The summed E-state index contributed by atoms with van der Waals surface area (Å²) in [6.07, 6.45) is 1.70. The Morgan fingerprint density at radius 1 is 1.22 bits per heavy atom. The van der Waals surface area contributed by atoms with Gasteiger partial charge in [0.1, 0.15) is 0 Å². The molecule has 0 bridgehead atoms. The highest BCUT2D eigenvalue weighted by Crippen LogP contribution is 2.49. The van der Waals surface area contributed by atoms with Crippen LogP contribution in [0.3, 0.4) is 0 Å². The highest BCUT2D eigenvalue weighted by Gasteiger charge is 2.52. The average Bonchev–Trinajstić information content (AvgIpc) is 3.37. The van der Waals surface area contributed by atoms with Crippen LogP contribution in [0.25, 0.3) is 0 Å². The molecular weight excluding hydrogens is 360 g/mol. The predicted octanol–water partition coefficient (Wildman–Crippen LogP) is 1.80. The molecule has 124 valence electrons. The molecule has 1 aliphatic heterocycles. The van der Waals surface area contributed by atoms with Gasteiger partial charge in [-0.15, -0.1) is 0 Å². The molecule has 1 aliphatic carbocycles. The molecule has 2 aliphatic rings. The number of benzene rings is 1. The third-order valence-electron chi connectivity index (χ3n) is 4.64. The molecule has 6 heteroatoms. The summed E-state index contributed by atoms with van der Waals surface area (Å²) < 4.78 is 6.26. The van der Waals surface area contributed by atoms with E-state index < -0.39 is 5.41 Å². The number of carbonyl (C=O) groups excluding carboxylic acids is 2. The second kappa shape index (κ2) is 6.61. The molecule has 2 amide bonds. The highest BCUT2D eigenvalue weighted by atomic mass is 79.9. The molecule has 1 aromatic rings. The van der Waals surface area contributed by atoms with Crippen molar-refractivity contribution in [3.63, 3.8) is 0 Å². The molecule has 1 saturated carbocycles. The fourth-order valence-corrected chi connectivity index (χ4v) is 3.34. The Morgan fingerprint density at radius 3 is 2.39 bits per heavy atom. The van der Waals surface area contributed by atoms with Crippen LogP contribution in [-0.4, -0.2) is 61.5 Å². The molecule has 0 spiro atoms. The normalized spacial score (nSPS) is 19.3. The maximum Gasteiger partial charge on any atom is 0.242 e. The summed E-state index contributed by atoms with van der Waals surface area (Å²) in [7, 11) is 1.72. The highest BCUT2D eigenvalue weighted by molar-refractivity contribution is 9.10. The first-order chi connectivity index (χ1) is 11.0. The molecular formula is C17H21BrN2O3. The molecule has 5 nitrogen and oxygen atoms in total. The number of ether oxygens (including phenoxy) is 1. The van der Waals surface area contributed by atoms with Crippen molar-refractivity contribution in [2.75, 3.05) is 39.9 Å². The number of amides is 2. The van der Waals surface area contributed by atoms with Crippen LogP contribution in [0.15, 0.2) is 28.7 Å². The Hall–Kier alpha value is -1.40. The number of hydrogen-bond donors (Lipinski definition) is 0. The van der Waals surface area contributed by atoms with Crippen LogP contribution in [-0.2, 0) is 19.7 Å². The van der Waals surface area contributed by atoms with Gasteiger partial charge < -0.3 is 14.5 Å². The van der Waals surface area contributed by atoms with Crippen molar-refractivity contribution < 1.29 is 14.3 Å². The molecule has 0 unspecified atom stereocenters. The number of carbonyl (C=O) groups is 2. The number of morpholine rings is 1. The minimum atomic E-state index is -0.430. The molecule has 23 heavy (non-hydrogen) atoms. The van der Waals surface area contributed by atoms with E-state index in [1.807, 2.05) is 24.3 Å². The number of hydrogen-bond acceptors (Lipinski definition) is 3. The molecule has 1 aromatic carbocycles. The van der Waals surface area contributed by atoms with Gasteiger partial charge >= 0.3 is 0 Å². The fourth-order valence-electron chi connectivity index (χ4n) is 3.07. The van der Waals surface area contributed by atoms with Crippen molar-refractivity contribution in [2.45, 2.75) is 18.3 Å². The fraction of sp³-hybridized carbons (Fsp3) is 0.529. The van der Waals surface area contributed by atoms with E-state index in [4.69, 9.17) is 4.74 Å². The SMILES string of the molecule is CN(CC(=O)N1CCOCC1)C(=O)C1(c2ccc(Br)cc2)CC1. The van der Waals surface area contributed by atoms with Gasteiger partial charge in [0.05, 0.1) is 25.2 Å². The Morgan fingerprint density at radius 2 is 1.83 bits per heavy atom. The average molecular weight is 381 g/mol. The van der Waals surface area contributed by atoms with Gasteiger partial charge in [-0.3, -0.25) is 9.59 Å². The first kappa shape index (κ1) is 16.5. The summed E-state index contributed by atoms with van der Waals surface area (Å²) in [5, 5.41) is 0. The van der Waals surface area contributed by atoms with Crippen LogP contribution in [0.5, 0.6) is 0 Å². The van der Waals surface area contributed by atoms with Crippen molar-refractivity contribution in [2.24, 2.45) is 0 Å². The van der Waals surface area contributed by atoms with E-state index in [0.29, 0.717) is 26.3 Å². The van der Waals surface area contributed by atoms with E-state index >= 15 is 0 Å². The lowest BCUT2D eigenvalue weighted by atomic mass is 9.94. The van der Waals surface area contributed by atoms with Gasteiger partial charge in [0.15, 0.2) is 0 Å². The van der Waals surface area contributed by atoms with Crippen LogP contribution in [0, 0.1) is 0 Å². The maximum atomic E-state index is 12.8. The van der Waals surface area contributed by atoms with Crippen molar-refractivity contribution >= 4 is 27.7 Å². The van der Waals surface area contributed by atoms with Crippen molar-refractivity contribution in [1.82, 2.24) is 9.80 Å². The monoisotopic (exact) mass is 380 g/mol. The lowest BCUT2D eigenvalue weighted by Crippen LogP contribution is -2.47. The number of nitrogens with zero attached hydrogens (tertiary/aromatic N) is 2. The van der Waals surface area contributed by atoms with Gasteiger partial charge in [-0.2, -0.15) is 0 Å². The number of halogens is 1. The summed E-state index contributed by atoms with van der Waals surface area (Å²) >= 11 is 3.42. The maximum absolute atomic E-state index is 12.8. The molecule has 0 radical (unpaired) electrons. The third kappa shape index (κ3) is 3.43. The van der Waals surface area contributed by atoms with Crippen molar-refractivity contribution in [3.8, 4) is 0 Å². The van der Waals surface area contributed by atoms with E-state index in [-0.39, 0.29) is 18.4 Å². The second-order valence-electron chi connectivity index (χ2n) is 6.24. The molecule has 0 atom stereocenters. The lowest BCUT2D eigenvalue weighted by molar-refractivity contribution is -0.143. The topological polar surface area (TPSA) is 49.9 Å². The van der Waals surface area contributed by atoms with Gasteiger partial charge in [0, 0.05) is 24.6 Å². The van der Waals surface area contributed by atoms with Gasteiger partial charge in [0.2, 0.25) is 11.8 Å². The van der Waals surface area contributed by atoms with E-state index in [0.717, 1.165) is 22.9 Å². The zero-order chi connectivity index (χ0) is 16.4. The van der Waals surface area contributed by atoms with Gasteiger partial charge in [-0.05, 0) is 30.5 Å². The molecule has 3 rings (SSSR count). The van der Waals surface area contributed by atoms with Crippen LogP contribution >= 0.6 is 15.9 Å². The molecule has 0 N–H and O–H groups in total. The molecule has 1 heterocycles. The van der Waals surface area contributed by atoms with Crippen LogP contribution < -0.4 is 0 Å². The Balaban J connectivity index is 1.65. The molecule has 0 aromatic heterocycles. The minimum absolute atomic E-state index is 0.00393. The van der Waals surface area contributed by atoms with Gasteiger partial charge in [-0.1, -0.05) is 28.1 Å². The zero-order valence-corrected chi connectivity index (χ0v) is 14.8. The summed E-state index contributed by atoms with van der Waals surface area (Å²) in [6, 6.07) is 7.91. The largest absolute Gasteiger partial charge is 0.378 e. The first-order valence-electron chi connectivity index (χ1n) is 7.90. The van der Waals surface area contributed by atoms with E-state index in [9.17, 15) is 9.59 Å². The Labute approximate surface area is 144 Å². The summed E-state index contributed by atoms with van der Waals surface area (Å²) in [4.78, 5) is 28.5. The van der Waals surface area contributed by atoms with Crippen molar-refractivity contribution in [3.05, 3.63) is 34.3 Å². The standard InChI is InChI=1S/C17H21BrN2O3/c1-19(12-15(21)20-8-10-23-11-9-20)16(22)17(6-7-17)13-2-4-14(18)5-3-13/h2-5H,6-12H2,1H3. The smallest absolute Gasteiger partial charge is 0.242 e. The molecule has 2 fully saturated rings. The van der Waals surface area contributed by atoms with E-state index in [1.54, 1.807) is 16.8 Å². The zero-order valence-electron chi connectivity index (χ0n) is 13.3. The second-order valence-corrected chi connectivity index (χ2v) is 7.16. The van der Waals surface area contributed by atoms with E-state index in [2.05, 4.69) is 15.9 Å². The summed E-state index contributed by atoms with van der Waals surface area (Å²) in [5.41, 5.74) is 0.608. The predicted molar refractivity (Wildman–Crippen MR) is 90.1 cm³/mol. The van der Waals surface area contributed by atoms with Gasteiger partial charge in [-0.25, -0.2) is 0 Å². The van der Waals surface area contributed by atoms with E-state index in [1.165, 1.54) is 0 Å². The van der Waals surface area contributed by atoms with Crippen LogP contribution in [0.1, 0.15) is 18.4 Å². The minimum Gasteiger partial charge on any atom is -0.378 e. The number of rotatable bonds is 4. The Kier molecular flexibility index (Phi) is 4.73. The van der Waals surface area contributed by atoms with Crippen LogP contribution in [0.4, 0.5) is 0 Å². The van der Waals surface area contributed by atoms with Crippen LogP contribution in [0.2, 0.25) is 0 Å². The number of likely N-dealkylation sites (N-methyl/N-ethyl adjacent to an activating group) is 1. The van der Waals surface area contributed by atoms with Gasteiger partial charge in [0.25, 0.3) is 0 Å². The summed E-state index contributed by atoms with van der Waals surface area (Å²) in [5.74, 6) is 0.0391. The third-order valence-corrected chi connectivity index (χ3v) is 5.17.